The highest BCUT2D eigenvalue weighted by Crippen LogP contribution is 2.36. The summed E-state index contributed by atoms with van der Waals surface area (Å²) < 4.78 is 18.3. The molecule has 0 heterocycles. The van der Waals surface area contributed by atoms with Crippen molar-refractivity contribution in [2.45, 2.75) is 51.0 Å². The number of alkyl carbamates (subject to hydrolysis) is 2. The van der Waals surface area contributed by atoms with Crippen molar-refractivity contribution in [3.05, 3.63) is 52.5 Å². The lowest BCUT2D eigenvalue weighted by Gasteiger charge is -2.36. The van der Waals surface area contributed by atoms with Gasteiger partial charge in [-0.1, -0.05) is 44.2 Å². The third-order valence-electron chi connectivity index (χ3n) is 6.44. The van der Waals surface area contributed by atoms with Crippen molar-refractivity contribution in [1.29, 1.82) is 0 Å². The molecule has 43 heavy (non-hydrogen) atoms. The normalized spacial score (nSPS) is 18.7. The number of hydrogen-bond donors (Lipinski definition) is 4. The minimum atomic E-state index is -1.19. The number of carbonyl (C=O) groups is 4. The average molecular weight is 702 g/mol. The molecule has 11 nitrogen and oxygen atoms in total. The highest BCUT2D eigenvalue weighted by Gasteiger charge is 2.42. The van der Waals surface area contributed by atoms with Gasteiger partial charge in [-0.3, -0.25) is 9.59 Å². The van der Waals surface area contributed by atoms with E-state index in [0.717, 1.165) is 10.8 Å². The second-order valence-corrected chi connectivity index (χ2v) is 11.7. The van der Waals surface area contributed by atoms with Crippen molar-refractivity contribution in [2.24, 2.45) is 11.7 Å². The van der Waals surface area contributed by atoms with Crippen LogP contribution in [0.1, 0.15) is 26.7 Å². The van der Waals surface area contributed by atoms with E-state index in [9.17, 15) is 19.2 Å². The lowest BCUT2D eigenvalue weighted by atomic mass is 9.90. The molecule has 0 radical (unpaired) electrons. The van der Waals surface area contributed by atoms with Gasteiger partial charge in [0.05, 0.1) is 4.47 Å². The summed E-state index contributed by atoms with van der Waals surface area (Å²) in [5.41, 5.74) is 5.69. The van der Waals surface area contributed by atoms with Gasteiger partial charge in [0.15, 0.2) is 12.2 Å². The van der Waals surface area contributed by atoms with Gasteiger partial charge in [0, 0.05) is 36.8 Å². The van der Waals surface area contributed by atoms with E-state index in [-0.39, 0.29) is 42.8 Å². The van der Waals surface area contributed by atoms with E-state index in [4.69, 9.17) is 43.1 Å². The van der Waals surface area contributed by atoms with Crippen LogP contribution in [0.3, 0.4) is 0 Å². The molecule has 4 atom stereocenters. The van der Waals surface area contributed by atoms with Crippen LogP contribution in [-0.4, -0.2) is 73.2 Å². The number of nitrogens with one attached hydrogen (secondary N) is 3. The summed E-state index contributed by atoms with van der Waals surface area (Å²) in [6.45, 7) is 4.05. The number of benzene rings is 2. The van der Waals surface area contributed by atoms with Crippen LogP contribution in [-0.2, 0) is 19.1 Å². The first kappa shape index (κ1) is 34.3. The number of rotatable bonds is 13. The van der Waals surface area contributed by atoms with Crippen molar-refractivity contribution < 1.29 is 33.4 Å². The van der Waals surface area contributed by atoms with E-state index < -0.39 is 48.4 Å². The standard InChI is InChI=1S/C29H35BrCl2N4O7/c1-16(2)13-20(26(33)37)36-27(38)18-14-22(41-21-8-7-17-5-3-4-6-19(17)24(21)30)25(43-29(40)35-12-10-32)23(15-18)42-28(39)34-11-9-31/h3-8,14,16,20,22-23,25H,9-13,15H2,1-2H3,(H2,33,37)(H,34,39)(H,35,40)(H,36,38). The first-order chi connectivity index (χ1) is 20.5. The Balaban J connectivity index is 2.03. The Morgan fingerprint density at radius 2 is 1.65 bits per heavy atom. The number of carbonyl (C=O) groups excluding carboxylic acids is 4. The van der Waals surface area contributed by atoms with Gasteiger partial charge in [-0.25, -0.2) is 9.59 Å². The molecule has 14 heteroatoms. The van der Waals surface area contributed by atoms with Gasteiger partial charge in [-0.05, 0) is 51.2 Å². The lowest BCUT2D eigenvalue weighted by Crippen LogP contribution is -2.52. The Hall–Kier alpha value is -3.22. The van der Waals surface area contributed by atoms with Crippen LogP contribution < -0.4 is 26.4 Å². The molecule has 2 aromatic rings. The molecule has 0 saturated carbocycles. The second kappa shape index (κ2) is 16.6. The zero-order chi connectivity index (χ0) is 31.5. The minimum Gasteiger partial charge on any atom is -0.481 e. The molecule has 0 bridgehead atoms. The smallest absolute Gasteiger partial charge is 0.407 e. The third kappa shape index (κ3) is 9.90. The Bertz CT molecular complexity index is 1340. The van der Waals surface area contributed by atoms with E-state index in [1.807, 2.05) is 44.2 Å². The molecule has 0 aromatic heterocycles. The molecule has 1 aliphatic rings. The summed E-state index contributed by atoms with van der Waals surface area (Å²) in [7, 11) is 0. The number of hydrogen-bond acceptors (Lipinski definition) is 7. The Morgan fingerprint density at radius 3 is 2.28 bits per heavy atom. The molecule has 5 N–H and O–H groups in total. The predicted molar refractivity (Wildman–Crippen MR) is 167 cm³/mol. The monoisotopic (exact) mass is 700 g/mol. The van der Waals surface area contributed by atoms with Crippen LogP contribution >= 0.6 is 39.1 Å². The molecule has 0 aliphatic heterocycles. The molecule has 4 unspecified atom stereocenters. The van der Waals surface area contributed by atoms with E-state index in [1.54, 1.807) is 6.07 Å². The number of fused-ring (bicyclic) bond motifs is 1. The fourth-order valence-corrected chi connectivity index (χ4v) is 5.27. The van der Waals surface area contributed by atoms with Crippen molar-refractivity contribution in [3.8, 4) is 5.75 Å². The topological polar surface area (TPSA) is 158 Å². The Kier molecular flexibility index (Phi) is 13.2. The molecule has 1 aliphatic carbocycles. The molecule has 3 rings (SSSR count). The van der Waals surface area contributed by atoms with Gasteiger partial charge >= 0.3 is 12.2 Å². The zero-order valence-electron chi connectivity index (χ0n) is 23.7. The van der Waals surface area contributed by atoms with Crippen LogP contribution in [0.2, 0.25) is 0 Å². The molecular formula is C29H35BrCl2N4O7. The Morgan fingerprint density at radius 1 is 1.00 bits per heavy atom. The fourth-order valence-electron chi connectivity index (χ4n) is 4.49. The summed E-state index contributed by atoms with van der Waals surface area (Å²) >= 11 is 15.0. The number of halogens is 3. The highest BCUT2D eigenvalue weighted by atomic mass is 79.9. The molecule has 0 saturated heterocycles. The first-order valence-corrected chi connectivity index (χ1v) is 15.6. The van der Waals surface area contributed by atoms with Crippen LogP contribution in [0.25, 0.3) is 10.8 Å². The van der Waals surface area contributed by atoms with Gasteiger partial charge in [-0.15, -0.1) is 23.2 Å². The van der Waals surface area contributed by atoms with Gasteiger partial charge in [0.2, 0.25) is 11.8 Å². The van der Waals surface area contributed by atoms with Gasteiger partial charge in [0.1, 0.15) is 17.9 Å². The van der Waals surface area contributed by atoms with Gasteiger partial charge in [-0.2, -0.15) is 0 Å². The van der Waals surface area contributed by atoms with Crippen molar-refractivity contribution in [2.75, 3.05) is 24.8 Å². The van der Waals surface area contributed by atoms with E-state index in [2.05, 4.69) is 31.9 Å². The zero-order valence-corrected chi connectivity index (χ0v) is 26.8. The van der Waals surface area contributed by atoms with Crippen LogP contribution in [0.15, 0.2) is 52.5 Å². The number of primary amides is 1. The number of ether oxygens (including phenoxy) is 3. The van der Waals surface area contributed by atoms with Crippen LogP contribution in [0, 0.1) is 5.92 Å². The number of amides is 4. The van der Waals surface area contributed by atoms with Gasteiger partial charge in [0.25, 0.3) is 0 Å². The van der Waals surface area contributed by atoms with E-state index >= 15 is 0 Å². The van der Waals surface area contributed by atoms with Crippen LogP contribution in [0.4, 0.5) is 9.59 Å². The second-order valence-electron chi connectivity index (χ2n) is 10.2. The molecule has 234 valence electrons. The molecule has 4 amide bonds. The predicted octanol–water partition coefficient (Wildman–Crippen LogP) is 4.36. The fraction of sp³-hybridized carbons (Fsp3) is 0.448. The van der Waals surface area contributed by atoms with E-state index in [1.165, 1.54) is 6.08 Å². The molecule has 0 spiro atoms. The van der Waals surface area contributed by atoms with Gasteiger partial charge < -0.3 is 35.9 Å². The maximum atomic E-state index is 13.4. The average Bonchev–Trinajstić information content (AvgIpc) is 2.97. The highest BCUT2D eigenvalue weighted by molar-refractivity contribution is 9.10. The summed E-state index contributed by atoms with van der Waals surface area (Å²) in [5, 5.41) is 9.50. The maximum Gasteiger partial charge on any atom is 0.407 e. The maximum absolute atomic E-state index is 13.4. The first-order valence-electron chi connectivity index (χ1n) is 13.7. The largest absolute Gasteiger partial charge is 0.481 e. The summed E-state index contributed by atoms with van der Waals surface area (Å²) in [6, 6.07) is 10.3. The summed E-state index contributed by atoms with van der Waals surface area (Å²) in [5.74, 6) is -0.541. The number of alkyl halides is 2. The Labute approximate surface area is 268 Å². The minimum absolute atomic E-state index is 0.0745. The van der Waals surface area contributed by atoms with Crippen molar-refractivity contribution in [1.82, 2.24) is 16.0 Å². The number of nitrogens with two attached hydrogens (primary N) is 1. The van der Waals surface area contributed by atoms with Crippen molar-refractivity contribution in [3.63, 3.8) is 0 Å². The molecular weight excluding hydrogens is 667 g/mol. The summed E-state index contributed by atoms with van der Waals surface area (Å²) in [6.07, 6.45) is -3.44. The third-order valence-corrected chi connectivity index (χ3v) is 7.64. The lowest BCUT2D eigenvalue weighted by molar-refractivity contribution is -0.126. The van der Waals surface area contributed by atoms with E-state index in [0.29, 0.717) is 16.6 Å². The van der Waals surface area contributed by atoms with Crippen LogP contribution in [0.5, 0.6) is 5.75 Å². The summed E-state index contributed by atoms with van der Waals surface area (Å²) in [4.78, 5) is 50.8. The van der Waals surface area contributed by atoms with Crippen molar-refractivity contribution >= 4 is 73.9 Å². The quantitative estimate of drug-likeness (QED) is 0.226. The SMILES string of the molecule is CC(C)CC(NC(=O)C1=CC(Oc2ccc3ccccc3c2Br)C(OC(=O)NCCCl)C(OC(=O)NCCCl)C1)C(N)=O. The molecule has 0 fully saturated rings. The molecule has 2 aromatic carbocycles.